The van der Waals surface area contributed by atoms with Gasteiger partial charge in [0.2, 0.25) is 0 Å². The molecule has 2 aliphatic heterocycles. The van der Waals surface area contributed by atoms with Gasteiger partial charge in [0.15, 0.2) is 0 Å². The van der Waals surface area contributed by atoms with E-state index in [0.29, 0.717) is 6.04 Å². The van der Waals surface area contributed by atoms with Gasteiger partial charge in [0, 0.05) is 25.2 Å². The highest BCUT2D eigenvalue weighted by molar-refractivity contribution is 4.97. The highest BCUT2D eigenvalue weighted by Gasteiger charge is 2.41. The predicted octanol–water partition coefficient (Wildman–Crippen LogP) is 0.584. The first-order valence-electron chi connectivity index (χ1n) is 6.51. The molecular formula is C12H22N2O. The average molecular weight is 210 g/mol. The molecule has 4 atom stereocenters. The van der Waals surface area contributed by atoms with Gasteiger partial charge in [-0.3, -0.25) is 4.90 Å². The number of rotatable bonds is 1. The minimum Gasteiger partial charge on any atom is -0.390 e. The molecule has 4 unspecified atom stereocenters. The van der Waals surface area contributed by atoms with Gasteiger partial charge in [0.1, 0.15) is 0 Å². The number of aliphatic hydroxyl groups is 1. The predicted molar refractivity (Wildman–Crippen MR) is 59.7 cm³/mol. The number of hydrogen-bond donors (Lipinski definition) is 2. The van der Waals surface area contributed by atoms with E-state index < -0.39 is 0 Å². The van der Waals surface area contributed by atoms with E-state index in [-0.39, 0.29) is 6.10 Å². The Morgan fingerprint density at radius 1 is 1.00 bits per heavy atom. The van der Waals surface area contributed by atoms with Gasteiger partial charge in [-0.05, 0) is 38.1 Å². The van der Waals surface area contributed by atoms with Crippen molar-refractivity contribution in [2.24, 2.45) is 5.92 Å². The van der Waals surface area contributed by atoms with Crippen LogP contribution in [0.4, 0.5) is 0 Å². The topological polar surface area (TPSA) is 35.5 Å². The third-order valence-electron chi connectivity index (χ3n) is 4.61. The van der Waals surface area contributed by atoms with Crippen LogP contribution in [0.3, 0.4) is 0 Å². The molecule has 3 aliphatic rings. The van der Waals surface area contributed by atoms with Gasteiger partial charge < -0.3 is 10.4 Å². The maximum atomic E-state index is 9.96. The van der Waals surface area contributed by atoms with E-state index in [1.165, 1.54) is 38.6 Å². The molecule has 1 aliphatic carbocycles. The Morgan fingerprint density at radius 2 is 1.87 bits per heavy atom. The van der Waals surface area contributed by atoms with Crippen molar-refractivity contribution in [3.05, 3.63) is 0 Å². The number of nitrogens with one attached hydrogen (secondary N) is 1. The van der Waals surface area contributed by atoms with Crippen molar-refractivity contribution in [3.63, 3.8) is 0 Å². The summed E-state index contributed by atoms with van der Waals surface area (Å²) in [6.45, 7) is 2.99. The first-order chi connectivity index (χ1) is 7.36. The van der Waals surface area contributed by atoms with Gasteiger partial charge in [0.25, 0.3) is 0 Å². The van der Waals surface area contributed by atoms with Crippen molar-refractivity contribution in [2.45, 2.75) is 50.3 Å². The number of aliphatic hydroxyl groups excluding tert-OH is 1. The van der Waals surface area contributed by atoms with E-state index in [4.69, 9.17) is 0 Å². The van der Waals surface area contributed by atoms with Crippen molar-refractivity contribution in [2.75, 3.05) is 19.6 Å². The van der Waals surface area contributed by atoms with Crippen LogP contribution in [-0.2, 0) is 0 Å². The SMILES string of the molecule is OC1CNCC1N1CCCC2CCCC21. The van der Waals surface area contributed by atoms with Gasteiger partial charge in [0.05, 0.1) is 6.10 Å². The molecule has 0 radical (unpaired) electrons. The highest BCUT2D eigenvalue weighted by atomic mass is 16.3. The summed E-state index contributed by atoms with van der Waals surface area (Å²) in [6.07, 6.45) is 6.83. The number of fused-ring (bicyclic) bond motifs is 1. The molecule has 0 bridgehead atoms. The summed E-state index contributed by atoms with van der Waals surface area (Å²) in [4.78, 5) is 2.62. The lowest BCUT2D eigenvalue weighted by molar-refractivity contribution is 0.0193. The standard InChI is InChI=1S/C12H22N2O/c15-12-8-13-7-11(12)14-6-2-4-9-3-1-5-10(9)14/h9-13,15H,1-8H2. The Morgan fingerprint density at radius 3 is 2.67 bits per heavy atom. The molecule has 0 amide bonds. The third kappa shape index (κ3) is 1.71. The Kier molecular flexibility index (Phi) is 2.71. The highest BCUT2D eigenvalue weighted by Crippen LogP contribution is 2.38. The molecule has 2 heterocycles. The number of β-amino-alcohol motifs (C(OH)–C–C–N with tert-alkyl or cyclic N) is 1. The lowest BCUT2D eigenvalue weighted by atomic mass is 9.90. The van der Waals surface area contributed by atoms with Crippen LogP contribution in [0, 0.1) is 5.92 Å². The Bertz CT molecular complexity index is 230. The third-order valence-corrected chi connectivity index (χ3v) is 4.61. The summed E-state index contributed by atoms with van der Waals surface area (Å²) in [5.41, 5.74) is 0. The van der Waals surface area contributed by atoms with E-state index in [0.717, 1.165) is 25.0 Å². The molecule has 3 heteroatoms. The molecule has 0 aromatic heterocycles. The van der Waals surface area contributed by atoms with Crippen molar-refractivity contribution < 1.29 is 5.11 Å². The van der Waals surface area contributed by atoms with E-state index in [2.05, 4.69) is 10.2 Å². The molecule has 1 saturated carbocycles. The molecule has 3 rings (SSSR count). The van der Waals surface area contributed by atoms with E-state index in [9.17, 15) is 5.11 Å². The smallest absolute Gasteiger partial charge is 0.0831 e. The van der Waals surface area contributed by atoms with E-state index in [1.807, 2.05) is 0 Å². The Balaban J connectivity index is 1.73. The zero-order valence-corrected chi connectivity index (χ0v) is 9.36. The monoisotopic (exact) mass is 210 g/mol. The van der Waals surface area contributed by atoms with Crippen molar-refractivity contribution >= 4 is 0 Å². The first-order valence-corrected chi connectivity index (χ1v) is 6.51. The quantitative estimate of drug-likeness (QED) is 0.665. The summed E-state index contributed by atoms with van der Waals surface area (Å²) < 4.78 is 0. The summed E-state index contributed by atoms with van der Waals surface area (Å²) >= 11 is 0. The molecule has 15 heavy (non-hydrogen) atoms. The van der Waals surface area contributed by atoms with Gasteiger partial charge in [-0.15, -0.1) is 0 Å². The van der Waals surface area contributed by atoms with E-state index in [1.54, 1.807) is 0 Å². The fourth-order valence-electron chi connectivity index (χ4n) is 3.89. The van der Waals surface area contributed by atoms with Crippen molar-refractivity contribution in [1.82, 2.24) is 10.2 Å². The summed E-state index contributed by atoms with van der Waals surface area (Å²) in [5, 5.41) is 13.3. The van der Waals surface area contributed by atoms with Crippen LogP contribution in [0.1, 0.15) is 32.1 Å². The number of nitrogens with zero attached hydrogens (tertiary/aromatic N) is 1. The summed E-state index contributed by atoms with van der Waals surface area (Å²) in [7, 11) is 0. The summed E-state index contributed by atoms with van der Waals surface area (Å²) in [6, 6.07) is 1.19. The maximum absolute atomic E-state index is 9.96. The van der Waals surface area contributed by atoms with Crippen LogP contribution >= 0.6 is 0 Å². The van der Waals surface area contributed by atoms with Crippen molar-refractivity contribution in [3.8, 4) is 0 Å². The van der Waals surface area contributed by atoms with E-state index >= 15 is 0 Å². The Hall–Kier alpha value is -0.120. The second-order valence-corrected chi connectivity index (χ2v) is 5.43. The van der Waals surface area contributed by atoms with Crippen LogP contribution < -0.4 is 5.32 Å². The number of hydrogen-bond acceptors (Lipinski definition) is 3. The molecule has 0 aromatic carbocycles. The second-order valence-electron chi connectivity index (χ2n) is 5.43. The lowest BCUT2D eigenvalue weighted by Crippen LogP contribution is -2.52. The molecular weight excluding hydrogens is 188 g/mol. The molecule has 2 saturated heterocycles. The molecule has 86 valence electrons. The fraction of sp³-hybridized carbons (Fsp3) is 1.00. The number of likely N-dealkylation sites (tertiary alicyclic amines) is 1. The second kappa shape index (κ2) is 4.04. The van der Waals surface area contributed by atoms with Crippen molar-refractivity contribution in [1.29, 1.82) is 0 Å². The van der Waals surface area contributed by atoms with Crippen LogP contribution in [-0.4, -0.2) is 47.8 Å². The summed E-state index contributed by atoms with van der Waals surface area (Å²) in [5.74, 6) is 0.937. The average Bonchev–Trinajstić information content (AvgIpc) is 2.85. The largest absolute Gasteiger partial charge is 0.390 e. The normalized spacial score (nSPS) is 47.0. The first kappa shape index (κ1) is 10.1. The van der Waals surface area contributed by atoms with Crippen LogP contribution in [0.25, 0.3) is 0 Å². The van der Waals surface area contributed by atoms with Crippen LogP contribution in [0.15, 0.2) is 0 Å². The zero-order chi connectivity index (χ0) is 10.3. The molecule has 0 aromatic rings. The lowest BCUT2D eigenvalue weighted by Gasteiger charge is -2.42. The van der Waals surface area contributed by atoms with Gasteiger partial charge in [-0.25, -0.2) is 0 Å². The molecule has 2 N–H and O–H groups in total. The van der Waals surface area contributed by atoms with Gasteiger partial charge >= 0.3 is 0 Å². The molecule has 3 nitrogen and oxygen atoms in total. The minimum atomic E-state index is -0.135. The number of piperidine rings is 1. The molecule has 0 spiro atoms. The fourth-order valence-corrected chi connectivity index (χ4v) is 3.89. The van der Waals surface area contributed by atoms with Crippen LogP contribution in [0.5, 0.6) is 0 Å². The molecule has 3 fully saturated rings. The van der Waals surface area contributed by atoms with Gasteiger partial charge in [-0.1, -0.05) is 6.42 Å². The Labute approximate surface area is 91.8 Å². The van der Waals surface area contributed by atoms with Crippen LogP contribution in [0.2, 0.25) is 0 Å². The van der Waals surface area contributed by atoms with Gasteiger partial charge in [-0.2, -0.15) is 0 Å². The maximum Gasteiger partial charge on any atom is 0.0831 e. The zero-order valence-electron chi connectivity index (χ0n) is 9.36. The minimum absolute atomic E-state index is 0.135.